The number of furan rings is 1. The van der Waals surface area contributed by atoms with Crippen LogP contribution in [0.5, 0.6) is 0 Å². The van der Waals surface area contributed by atoms with Crippen LogP contribution < -0.4 is 10.7 Å². The van der Waals surface area contributed by atoms with Crippen molar-refractivity contribution in [3.63, 3.8) is 0 Å². The van der Waals surface area contributed by atoms with Crippen LogP contribution in [0.4, 0.5) is 10.1 Å². The Kier molecular flexibility index (Phi) is 5.52. The maximum absolute atomic E-state index is 12.5. The summed E-state index contributed by atoms with van der Waals surface area (Å²) in [5.41, 5.74) is 4.35. The molecule has 0 saturated heterocycles. The molecule has 0 bridgehead atoms. The lowest BCUT2D eigenvalue weighted by Gasteiger charge is -2.04. The maximum atomic E-state index is 12.5. The lowest BCUT2D eigenvalue weighted by molar-refractivity contribution is 0.103. The number of hydrogen-bond acceptors (Lipinski definition) is 7. The number of nitrogens with one attached hydrogen (secondary N) is 2. The number of thiophene rings is 1. The largest absolute Gasteiger partial charge is 0.463 e. The molecule has 1 aromatic carbocycles. The molecule has 6 nitrogen and oxygen atoms in total. The highest BCUT2D eigenvalue weighted by Gasteiger charge is 2.17. The fourth-order valence-corrected chi connectivity index (χ4v) is 3.92. The number of nitrogens with zero attached hydrogens (tertiary/aromatic N) is 2. The predicted molar refractivity (Wildman–Crippen MR) is 115 cm³/mol. The number of thiazole rings is 1. The number of aromatic nitrogens is 1. The van der Waals surface area contributed by atoms with E-state index in [0.29, 0.717) is 31.5 Å². The smallest absolute Gasteiger partial charge is 0.266 e. The quantitative estimate of drug-likeness (QED) is 0.299. The van der Waals surface area contributed by atoms with Crippen LogP contribution in [0.25, 0.3) is 11.3 Å². The third kappa shape index (κ3) is 4.30. The number of anilines is 2. The first kappa shape index (κ1) is 18.4. The third-order valence-corrected chi connectivity index (χ3v) is 5.61. The Balaban J connectivity index is 1.61. The molecule has 4 aromatic rings. The fourth-order valence-electron chi connectivity index (χ4n) is 2.34. The van der Waals surface area contributed by atoms with E-state index in [1.54, 1.807) is 42.8 Å². The molecule has 0 radical (unpaired) electrons. The summed E-state index contributed by atoms with van der Waals surface area (Å²) in [4.78, 5) is 17.7. The highest BCUT2D eigenvalue weighted by atomic mass is 35.5. The van der Waals surface area contributed by atoms with Crippen LogP contribution in [0.3, 0.4) is 0 Å². The maximum Gasteiger partial charge on any atom is 0.266 e. The van der Waals surface area contributed by atoms with Crippen molar-refractivity contribution >= 4 is 56.5 Å². The molecule has 0 unspecified atom stereocenters. The van der Waals surface area contributed by atoms with Crippen molar-refractivity contribution in [3.05, 3.63) is 75.8 Å². The van der Waals surface area contributed by atoms with Crippen molar-refractivity contribution in [1.82, 2.24) is 4.98 Å². The van der Waals surface area contributed by atoms with Crippen molar-refractivity contribution in [1.29, 1.82) is 0 Å². The Morgan fingerprint density at radius 3 is 2.75 bits per heavy atom. The first-order valence-corrected chi connectivity index (χ1v) is 10.2. The van der Waals surface area contributed by atoms with E-state index in [2.05, 4.69) is 20.8 Å². The summed E-state index contributed by atoms with van der Waals surface area (Å²) < 4.78 is 5.20. The van der Waals surface area contributed by atoms with Gasteiger partial charge in [0.25, 0.3) is 5.91 Å². The molecule has 28 heavy (non-hydrogen) atoms. The van der Waals surface area contributed by atoms with Crippen molar-refractivity contribution in [3.8, 4) is 11.3 Å². The van der Waals surface area contributed by atoms with Gasteiger partial charge in [0.15, 0.2) is 0 Å². The lowest BCUT2D eigenvalue weighted by Crippen LogP contribution is -2.09. The molecule has 0 aliphatic carbocycles. The second-order valence-corrected chi connectivity index (χ2v) is 7.90. The average molecular weight is 429 g/mol. The Bertz CT molecular complexity index is 1090. The van der Waals surface area contributed by atoms with Crippen LogP contribution in [0.2, 0.25) is 5.02 Å². The number of rotatable bonds is 6. The van der Waals surface area contributed by atoms with Gasteiger partial charge in [0.05, 0.1) is 17.4 Å². The van der Waals surface area contributed by atoms with Gasteiger partial charge in [-0.05, 0) is 35.7 Å². The Morgan fingerprint density at radius 1 is 1.18 bits per heavy atom. The zero-order valence-corrected chi connectivity index (χ0v) is 16.6. The molecule has 4 rings (SSSR count). The molecule has 140 valence electrons. The summed E-state index contributed by atoms with van der Waals surface area (Å²) in [5, 5.41) is 10.7. The molecule has 2 N–H and O–H groups in total. The summed E-state index contributed by atoms with van der Waals surface area (Å²) in [7, 11) is 0. The van der Waals surface area contributed by atoms with E-state index in [-0.39, 0.29) is 5.91 Å². The first-order valence-electron chi connectivity index (χ1n) is 8.13. The number of benzene rings is 1. The van der Waals surface area contributed by atoms with E-state index in [4.69, 9.17) is 16.0 Å². The van der Waals surface area contributed by atoms with Crippen molar-refractivity contribution < 1.29 is 9.21 Å². The molecule has 0 atom stereocenters. The normalized spacial score (nSPS) is 11.0. The zero-order chi connectivity index (χ0) is 19.3. The topological polar surface area (TPSA) is 79.5 Å². The van der Waals surface area contributed by atoms with Crippen LogP contribution in [0.15, 0.2) is 69.7 Å². The monoisotopic (exact) mass is 428 g/mol. The summed E-state index contributed by atoms with van der Waals surface area (Å²) in [6, 6.07) is 14.5. The fraction of sp³-hybridized carbons (Fsp3) is 0. The van der Waals surface area contributed by atoms with Gasteiger partial charge in [-0.1, -0.05) is 41.1 Å². The number of halogens is 1. The van der Waals surface area contributed by atoms with Crippen molar-refractivity contribution in [2.45, 2.75) is 0 Å². The highest BCUT2D eigenvalue weighted by Crippen LogP contribution is 2.36. The molecule has 3 aromatic heterocycles. The standard InChI is InChI=1S/C19H13ClN4O2S2/c20-13-7-5-12(6-8-13)16-18(23-17(25)15-4-2-10-27-15)28-19(22-16)24-21-11-14-3-1-9-26-14/h1-11H,(H,22,24)(H,23,25)/b21-11-. The van der Waals surface area contributed by atoms with E-state index in [1.807, 2.05) is 23.6 Å². The van der Waals surface area contributed by atoms with Gasteiger partial charge in [0, 0.05) is 10.6 Å². The molecule has 0 fully saturated rings. The number of carbonyl (C=O) groups excluding carboxylic acids is 1. The molecular formula is C19H13ClN4O2S2. The van der Waals surface area contributed by atoms with Crippen LogP contribution >= 0.6 is 34.3 Å². The number of amides is 1. The van der Waals surface area contributed by atoms with Crippen LogP contribution in [-0.4, -0.2) is 17.1 Å². The van der Waals surface area contributed by atoms with Gasteiger partial charge >= 0.3 is 0 Å². The van der Waals surface area contributed by atoms with Crippen LogP contribution in [0.1, 0.15) is 15.4 Å². The number of hydrazone groups is 1. The minimum atomic E-state index is -0.181. The SMILES string of the molecule is O=C(Nc1sc(N/N=C\c2ccco2)nc1-c1ccc(Cl)cc1)c1cccs1. The Labute approximate surface area is 173 Å². The van der Waals surface area contributed by atoms with Gasteiger partial charge in [0.2, 0.25) is 5.13 Å². The summed E-state index contributed by atoms with van der Waals surface area (Å²) in [5.74, 6) is 0.438. The van der Waals surface area contributed by atoms with Crippen molar-refractivity contribution in [2.24, 2.45) is 5.10 Å². The molecule has 0 spiro atoms. The Hall–Kier alpha value is -2.94. The second kappa shape index (κ2) is 8.39. The van der Waals surface area contributed by atoms with Gasteiger partial charge < -0.3 is 9.73 Å². The number of carbonyl (C=O) groups is 1. The minimum absolute atomic E-state index is 0.181. The van der Waals surface area contributed by atoms with E-state index in [1.165, 1.54) is 22.7 Å². The molecule has 3 heterocycles. The first-order chi connectivity index (χ1) is 13.7. The van der Waals surface area contributed by atoms with Gasteiger partial charge in [-0.3, -0.25) is 10.2 Å². The Morgan fingerprint density at radius 2 is 2.04 bits per heavy atom. The van der Waals surface area contributed by atoms with E-state index in [0.717, 1.165) is 5.56 Å². The summed E-state index contributed by atoms with van der Waals surface area (Å²) >= 11 is 8.66. The molecule has 1 amide bonds. The lowest BCUT2D eigenvalue weighted by atomic mass is 10.1. The zero-order valence-electron chi connectivity index (χ0n) is 14.3. The van der Waals surface area contributed by atoms with Gasteiger partial charge in [0.1, 0.15) is 16.5 Å². The highest BCUT2D eigenvalue weighted by molar-refractivity contribution is 7.20. The number of hydrogen-bond donors (Lipinski definition) is 2. The predicted octanol–water partition coefficient (Wildman–Crippen LogP) is 5.82. The minimum Gasteiger partial charge on any atom is -0.463 e. The van der Waals surface area contributed by atoms with Crippen LogP contribution in [0, 0.1) is 0 Å². The molecule has 0 aliphatic rings. The third-order valence-electron chi connectivity index (χ3n) is 3.61. The van der Waals surface area contributed by atoms with Crippen molar-refractivity contribution in [2.75, 3.05) is 10.7 Å². The molecular weight excluding hydrogens is 416 g/mol. The molecule has 9 heteroatoms. The van der Waals surface area contributed by atoms with E-state index in [9.17, 15) is 4.79 Å². The van der Waals surface area contributed by atoms with Gasteiger partial charge in [-0.2, -0.15) is 5.10 Å². The van der Waals surface area contributed by atoms with Crippen LogP contribution in [-0.2, 0) is 0 Å². The van der Waals surface area contributed by atoms with E-state index >= 15 is 0 Å². The second-order valence-electron chi connectivity index (χ2n) is 5.52. The average Bonchev–Trinajstić information content (AvgIpc) is 3.45. The van der Waals surface area contributed by atoms with Gasteiger partial charge in [-0.15, -0.1) is 11.3 Å². The molecule has 0 aliphatic heterocycles. The molecule has 0 saturated carbocycles. The van der Waals surface area contributed by atoms with E-state index < -0.39 is 0 Å². The summed E-state index contributed by atoms with van der Waals surface area (Å²) in [6.45, 7) is 0. The van der Waals surface area contributed by atoms with Gasteiger partial charge in [-0.25, -0.2) is 4.98 Å². The summed E-state index contributed by atoms with van der Waals surface area (Å²) in [6.07, 6.45) is 3.12.